The molecule has 0 unspecified atom stereocenters. The predicted octanol–water partition coefficient (Wildman–Crippen LogP) is 0.390. The Hall–Kier alpha value is -2.32. The van der Waals surface area contributed by atoms with Gasteiger partial charge in [-0.25, -0.2) is 23.5 Å². The van der Waals surface area contributed by atoms with Gasteiger partial charge >= 0.3 is 17.4 Å². The number of H-pyrrole nitrogens is 1. The maximum absolute atomic E-state index is 11.8. The Bertz CT molecular complexity index is 706. The van der Waals surface area contributed by atoms with Gasteiger partial charge in [-0.15, -0.1) is 5.10 Å². The Morgan fingerprint density at radius 2 is 1.91 bits per heavy atom. The molecule has 22 heavy (non-hydrogen) atoms. The second kappa shape index (κ2) is 7.10. The van der Waals surface area contributed by atoms with Gasteiger partial charge in [0.05, 0.1) is 6.61 Å². The van der Waals surface area contributed by atoms with Crippen molar-refractivity contribution in [2.75, 3.05) is 6.61 Å². The smallest absolute Gasteiger partial charge is 0.348 e. The number of nitrogens with zero attached hydrogens (tertiary/aromatic N) is 5. The molecule has 1 aliphatic rings. The molecule has 9 nitrogen and oxygen atoms in total. The molecule has 0 radical (unpaired) electrons. The third-order valence-corrected chi connectivity index (χ3v) is 3.24. The highest BCUT2D eigenvalue weighted by Gasteiger charge is 2.30. The fourth-order valence-corrected chi connectivity index (χ4v) is 1.98. The highest BCUT2D eigenvalue weighted by Crippen LogP contribution is 2.35. The molecule has 0 aromatic carbocycles. The van der Waals surface area contributed by atoms with Crippen LogP contribution in [0.3, 0.4) is 0 Å². The van der Waals surface area contributed by atoms with E-state index in [1.54, 1.807) is 4.57 Å². The molecule has 122 valence electrons. The Morgan fingerprint density at radius 1 is 1.23 bits per heavy atom. The van der Waals surface area contributed by atoms with Crippen LogP contribution in [0.1, 0.15) is 39.7 Å². The van der Waals surface area contributed by atoms with Crippen LogP contribution in [-0.2, 0) is 13.1 Å². The lowest BCUT2D eigenvalue weighted by molar-refractivity contribution is 0.293. The van der Waals surface area contributed by atoms with Crippen LogP contribution in [0.4, 0.5) is 0 Å². The minimum atomic E-state index is -0.146. The average molecular weight is 310 g/mol. The first-order valence-corrected chi connectivity index (χ1v) is 7.54. The SMILES string of the molecule is CCOc1nn(CC)c(=O)n1C1CC1.CCn1nc[nH]c1=O. The maximum Gasteiger partial charge on any atom is 0.348 e. The number of rotatable bonds is 5. The van der Waals surface area contributed by atoms with E-state index in [1.807, 2.05) is 20.8 Å². The van der Waals surface area contributed by atoms with Gasteiger partial charge in [0.25, 0.3) is 0 Å². The molecule has 2 aromatic rings. The summed E-state index contributed by atoms with van der Waals surface area (Å²) in [4.78, 5) is 24.7. The molecular weight excluding hydrogens is 288 g/mol. The lowest BCUT2D eigenvalue weighted by Gasteiger charge is -2.02. The van der Waals surface area contributed by atoms with Gasteiger partial charge in [-0.3, -0.25) is 4.98 Å². The van der Waals surface area contributed by atoms with Crippen molar-refractivity contribution in [1.82, 2.24) is 29.1 Å². The van der Waals surface area contributed by atoms with Gasteiger partial charge in [0.15, 0.2) is 0 Å². The molecular formula is C13H22N6O3. The first-order chi connectivity index (χ1) is 10.6. The van der Waals surface area contributed by atoms with E-state index >= 15 is 0 Å². The van der Waals surface area contributed by atoms with Gasteiger partial charge < -0.3 is 4.74 Å². The number of hydrogen-bond acceptors (Lipinski definition) is 5. The molecule has 0 atom stereocenters. The number of ether oxygens (including phenoxy) is 1. The highest BCUT2D eigenvalue weighted by atomic mass is 16.5. The molecule has 1 aliphatic carbocycles. The molecule has 0 bridgehead atoms. The van der Waals surface area contributed by atoms with Crippen LogP contribution in [0, 0.1) is 0 Å². The maximum atomic E-state index is 11.8. The van der Waals surface area contributed by atoms with E-state index in [2.05, 4.69) is 15.2 Å². The van der Waals surface area contributed by atoms with Gasteiger partial charge in [0, 0.05) is 19.1 Å². The largest absolute Gasteiger partial charge is 0.464 e. The molecule has 2 heterocycles. The van der Waals surface area contributed by atoms with E-state index in [1.165, 1.54) is 15.7 Å². The van der Waals surface area contributed by atoms with Crippen LogP contribution in [-0.4, -0.2) is 35.7 Å². The van der Waals surface area contributed by atoms with Gasteiger partial charge in [0.1, 0.15) is 6.33 Å². The van der Waals surface area contributed by atoms with Gasteiger partial charge in [-0.05, 0) is 33.6 Å². The van der Waals surface area contributed by atoms with E-state index in [0.717, 1.165) is 12.8 Å². The summed E-state index contributed by atoms with van der Waals surface area (Å²) in [5, 5.41) is 7.81. The summed E-state index contributed by atoms with van der Waals surface area (Å²) in [6.07, 6.45) is 3.51. The summed E-state index contributed by atoms with van der Waals surface area (Å²) in [6, 6.07) is 0.797. The fraction of sp³-hybridized carbons (Fsp3) is 0.692. The molecule has 2 aromatic heterocycles. The summed E-state index contributed by atoms with van der Waals surface area (Å²) >= 11 is 0. The first kappa shape index (κ1) is 16.1. The second-order valence-corrected chi connectivity index (χ2v) is 4.82. The van der Waals surface area contributed by atoms with E-state index < -0.39 is 0 Å². The predicted molar refractivity (Wildman–Crippen MR) is 80.1 cm³/mol. The summed E-state index contributed by atoms with van der Waals surface area (Å²) in [7, 11) is 0. The van der Waals surface area contributed by atoms with Crippen LogP contribution < -0.4 is 16.1 Å². The molecule has 1 saturated carbocycles. The Kier molecular flexibility index (Phi) is 5.18. The van der Waals surface area contributed by atoms with Gasteiger partial charge in [0.2, 0.25) is 0 Å². The Balaban J connectivity index is 0.000000188. The minimum Gasteiger partial charge on any atom is -0.464 e. The minimum absolute atomic E-state index is 0.0431. The topological polar surface area (TPSA) is 99.7 Å². The quantitative estimate of drug-likeness (QED) is 0.861. The number of nitrogens with one attached hydrogen (secondary N) is 1. The van der Waals surface area contributed by atoms with E-state index in [9.17, 15) is 9.59 Å². The zero-order valence-electron chi connectivity index (χ0n) is 13.2. The summed E-state index contributed by atoms with van der Waals surface area (Å²) in [5.41, 5.74) is -0.189. The van der Waals surface area contributed by atoms with Crippen LogP contribution in [0.25, 0.3) is 0 Å². The van der Waals surface area contributed by atoms with Crippen molar-refractivity contribution < 1.29 is 4.74 Å². The zero-order chi connectivity index (χ0) is 16.1. The molecule has 1 N–H and O–H groups in total. The van der Waals surface area contributed by atoms with E-state index in [4.69, 9.17) is 4.74 Å². The monoisotopic (exact) mass is 310 g/mol. The van der Waals surface area contributed by atoms with Gasteiger partial charge in [-0.1, -0.05) is 0 Å². The zero-order valence-corrected chi connectivity index (χ0v) is 13.2. The van der Waals surface area contributed by atoms with E-state index in [-0.39, 0.29) is 11.4 Å². The average Bonchev–Trinajstić information content (AvgIpc) is 3.18. The summed E-state index contributed by atoms with van der Waals surface area (Å²) in [6.45, 7) is 7.43. The third-order valence-electron chi connectivity index (χ3n) is 3.24. The molecule has 9 heteroatoms. The van der Waals surface area contributed by atoms with Crippen LogP contribution >= 0.6 is 0 Å². The van der Waals surface area contributed by atoms with Crippen LogP contribution in [0.2, 0.25) is 0 Å². The standard InChI is InChI=1S/C9H15N3O2.C4H7N3O/c1-3-11-9(13)12(7-5-6-7)8(10-11)14-4-2;1-2-7-4(8)5-3-6-7/h7H,3-6H2,1-2H3;3H,2H2,1H3,(H,5,6,8). The van der Waals surface area contributed by atoms with E-state index in [0.29, 0.717) is 31.7 Å². The molecule has 0 amide bonds. The van der Waals surface area contributed by atoms with Crippen molar-refractivity contribution in [3.05, 3.63) is 27.3 Å². The third kappa shape index (κ3) is 3.46. The van der Waals surface area contributed by atoms with Crippen molar-refractivity contribution in [3.63, 3.8) is 0 Å². The normalized spacial score (nSPS) is 13.6. The molecule has 1 fully saturated rings. The first-order valence-electron chi connectivity index (χ1n) is 7.54. The van der Waals surface area contributed by atoms with Crippen molar-refractivity contribution in [2.45, 2.75) is 52.7 Å². The van der Waals surface area contributed by atoms with Crippen molar-refractivity contribution in [2.24, 2.45) is 0 Å². The van der Waals surface area contributed by atoms with Crippen LogP contribution in [0.15, 0.2) is 15.9 Å². The Labute approximate surface area is 127 Å². The van der Waals surface area contributed by atoms with Gasteiger partial charge in [-0.2, -0.15) is 5.10 Å². The highest BCUT2D eigenvalue weighted by molar-refractivity contribution is 5.01. The fourth-order valence-electron chi connectivity index (χ4n) is 1.98. The lowest BCUT2D eigenvalue weighted by Crippen LogP contribution is -2.23. The molecule has 0 saturated heterocycles. The number of aromatic amines is 1. The van der Waals surface area contributed by atoms with Crippen LogP contribution in [0.5, 0.6) is 6.01 Å². The lowest BCUT2D eigenvalue weighted by atomic mass is 10.7. The summed E-state index contributed by atoms with van der Waals surface area (Å²) in [5.74, 6) is 0. The molecule has 0 aliphatic heterocycles. The van der Waals surface area contributed by atoms with Crippen molar-refractivity contribution >= 4 is 0 Å². The molecule has 3 rings (SSSR count). The number of hydrogen-bond donors (Lipinski definition) is 1. The van der Waals surface area contributed by atoms with Crippen molar-refractivity contribution in [3.8, 4) is 6.01 Å². The number of aryl methyl sites for hydroxylation is 2. The number of aromatic nitrogens is 6. The van der Waals surface area contributed by atoms with Crippen molar-refractivity contribution in [1.29, 1.82) is 0 Å². The summed E-state index contributed by atoms with van der Waals surface area (Å²) < 4.78 is 9.80. The molecule has 0 spiro atoms. The second-order valence-electron chi connectivity index (χ2n) is 4.82. The Morgan fingerprint density at radius 3 is 2.32 bits per heavy atom.